The van der Waals surface area contributed by atoms with Crippen LogP contribution in [0.15, 0.2) is 79.0 Å². The molecule has 1 aromatic heterocycles. The fourth-order valence-electron chi connectivity index (χ4n) is 4.15. The summed E-state index contributed by atoms with van der Waals surface area (Å²) >= 11 is 0. The van der Waals surface area contributed by atoms with Gasteiger partial charge in [-0.3, -0.25) is 9.78 Å². The highest BCUT2D eigenvalue weighted by Crippen LogP contribution is 2.34. The van der Waals surface area contributed by atoms with Gasteiger partial charge in [-0.15, -0.1) is 0 Å². The minimum Gasteiger partial charge on any atom is -0.350 e. The van der Waals surface area contributed by atoms with E-state index < -0.39 is 5.41 Å². The van der Waals surface area contributed by atoms with E-state index in [1.807, 2.05) is 129 Å². The van der Waals surface area contributed by atoms with E-state index in [4.69, 9.17) is 9.59 Å². The highest BCUT2D eigenvalue weighted by atomic mass is 16.1. The Morgan fingerprint density at radius 1 is 0.952 bits per heavy atom. The molecule has 0 aliphatic heterocycles. The fraction of sp³-hybridized carbons (Fsp3) is 0.250. The molecule has 0 bridgehead atoms. The van der Waals surface area contributed by atoms with Gasteiger partial charge >= 0.3 is 0 Å². The minimum absolute atomic E-state index is 0.0290. The van der Waals surface area contributed by atoms with Crippen molar-refractivity contribution in [2.75, 3.05) is 0 Å². The third-order valence-corrected chi connectivity index (χ3v) is 6.24. The number of aryl methyl sites for hydroxylation is 1. The van der Waals surface area contributed by atoms with Crippen molar-refractivity contribution >= 4 is 42.0 Å². The zero-order valence-corrected chi connectivity index (χ0v) is 25.7. The van der Waals surface area contributed by atoms with Gasteiger partial charge in [-0.05, 0) is 87.2 Å². The number of carbonyl (C=O) groups is 3. The van der Waals surface area contributed by atoms with Gasteiger partial charge in [-0.1, -0.05) is 67.9 Å². The number of amides is 1. The van der Waals surface area contributed by atoms with Gasteiger partial charge in [0.05, 0.1) is 17.0 Å². The number of hydrogen-bond acceptors (Lipinski definition) is 5. The van der Waals surface area contributed by atoms with Gasteiger partial charge in [-0.2, -0.15) is 5.26 Å². The maximum Gasteiger partial charge on any atom is 0.252 e. The van der Waals surface area contributed by atoms with Crippen LogP contribution in [0.3, 0.4) is 0 Å². The van der Waals surface area contributed by atoms with E-state index in [1.165, 1.54) is 0 Å². The van der Waals surface area contributed by atoms with Gasteiger partial charge < -0.3 is 14.9 Å². The van der Waals surface area contributed by atoms with Gasteiger partial charge in [-0.25, -0.2) is 0 Å². The summed E-state index contributed by atoms with van der Waals surface area (Å²) in [5.41, 5.74) is 6.67. The van der Waals surface area contributed by atoms with Crippen molar-refractivity contribution in [3.05, 3.63) is 101 Å². The van der Waals surface area contributed by atoms with Crippen molar-refractivity contribution in [1.82, 2.24) is 10.3 Å². The van der Waals surface area contributed by atoms with Crippen molar-refractivity contribution in [3.63, 3.8) is 0 Å². The number of fused-ring (bicyclic) bond motifs is 1. The van der Waals surface area contributed by atoms with Crippen LogP contribution in [0.4, 0.5) is 0 Å². The number of benzene rings is 3. The summed E-state index contributed by atoms with van der Waals surface area (Å²) in [5, 5.41) is 13.8. The van der Waals surface area contributed by atoms with Gasteiger partial charge in [0, 0.05) is 28.8 Å². The average molecular weight is 564 g/mol. The minimum atomic E-state index is -0.635. The first-order valence-electron chi connectivity index (χ1n) is 13.8. The number of nitriles is 1. The molecule has 3 aromatic carbocycles. The molecule has 0 saturated heterocycles. The van der Waals surface area contributed by atoms with Crippen LogP contribution in [0, 0.1) is 18.3 Å². The molecule has 42 heavy (non-hydrogen) atoms. The molecule has 218 valence electrons. The Morgan fingerprint density at radius 2 is 1.60 bits per heavy atom. The summed E-state index contributed by atoms with van der Waals surface area (Å²) in [4.78, 5) is 33.8. The van der Waals surface area contributed by atoms with E-state index in [1.54, 1.807) is 6.20 Å². The number of pyridine rings is 1. The molecule has 1 amide bonds. The van der Waals surface area contributed by atoms with Crippen molar-refractivity contribution in [3.8, 4) is 17.2 Å². The molecule has 6 nitrogen and oxygen atoms in total. The number of nitrogens with zero attached hydrogens (tertiary/aromatic N) is 2. The smallest absolute Gasteiger partial charge is 0.252 e. The predicted molar refractivity (Wildman–Crippen MR) is 174 cm³/mol. The summed E-state index contributed by atoms with van der Waals surface area (Å²) in [6, 6.07) is 26.6. The first kappa shape index (κ1) is 35.1. The topological polar surface area (TPSA) is 99.9 Å². The fourth-order valence-corrected chi connectivity index (χ4v) is 4.15. The summed E-state index contributed by atoms with van der Waals surface area (Å²) in [6.45, 7) is 17.8. The quantitative estimate of drug-likeness (QED) is 0.191. The first-order chi connectivity index (χ1) is 20.2. The van der Waals surface area contributed by atoms with E-state index in [-0.39, 0.29) is 11.9 Å². The molecule has 6 heteroatoms. The lowest BCUT2D eigenvalue weighted by Crippen LogP contribution is -2.30. The highest BCUT2D eigenvalue weighted by molar-refractivity contribution is 6.24. The Kier molecular flexibility index (Phi) is 14.3. The van der Waals surface area contributed by atoms with Crippen LogP contribution in [0.5, 0.6) is 0 Å². The maximum absolute atomic E-state index is 13.1. The predicted octanol–water partition coefficient (Wildman–Crippen LogP) is 7.73. The van der Waals surface area contributed by atoms with Crippen LogP contribution in [0.2, 0.25) is 0 Å². The Bertz CT molecular complexity index is 1530. The lowest BCUT2D eigenvalue weighted by molar-refractivity contribution is -0.116. The first-order valence-corrected chi connectivity index (χ1v) is 13.8. The standard InChI is InChI=1S/C32H31N3O.C2H6.2CH2O/c1-21(2)35-31(36)29(24-13-11-22(3)12-14-24)17-23-8-6-9-25(16-23)28-19-27(32(4,5)20-33)18-26-10-7-15-34-30(26)28;3*1-2/h6-19,21H,1-5H3,(H,35,36);1-2H3;2*1H2/b29-17+;;;. The molecule has 1 N–H and O–H groups in total. The van der Waals surface area contributed by atoms with Crippen molar-refractivity contribution in [2.45, 2.75) is 59.9 Å². The van der Waals surface area contributed by atoms with E-state index in [0.29, 0.717) is 5.57 Å². The van der Waals surface area contributed by atoms with E-state index in [9.17, 15) is 10.1 Å². The van der Waals surface area contributed by atoms with Crippen molar-refractivity contribution < 1.29 is 14.4 Å². The lowest BCUT2D eigenvalue weighted by atomic mass is 9.83. The van der Waals surface area contributed by atoms with E-state index in [2.05, 4.69) is 28.5 Å². The van der Waals surface area contributed by atoms with E-state index >= 15 is 0 Å². The Labute approximate surface area is 250 Å². The van der Waals surface area contributed by atoms with Gasteiger partial charge in [0.15, 0.2) is 0 Å². The van der Waals surface area contributed by atoms with Crippen LogP contribution in [0.25, 0.3) is 33.7 Å². The molecule has 1 heterocycles. The van der Waals surface area contributed by atoms with Crippen LogP contribution in [-0.2, 0) is 19.8 Å². The number of carbonyl (C=O) groups excluding carboxylic acids is 3. The summed E-state index contributed by atoms with van der Waals surface area (Å²) in [6.07, 6.45) is 3.72. The molecular weight excluding hydrogens is 522 g/mol. The molecule has 4 aromatic rings. The normalized spacial score (nSPS) is 10.6. The van der Waals surface area contributed by atoms with E-state index in [0.717, 1.165) is 44.3 Å². The largest absolute Gasteiger partial charge is 0.350 e. The zero-order chi connectivity index (χ0) is 31.9. The summed E-state index contributed by atoms with van der Waals surface area (Å²) in [5.74, 6) is -0.107. The van der Waals surface area contributed by atoms with Crippen LogP contribution >= 0.6 is 0 Å². The maximum atomic E-state index is 13.1. The SMILES string of the molecule is C=O.C=O.CC.Cc1ccc(/C(=C\c2cccc(-c3cc(C(C)(C)C#N)cc4cccnc34)c2)C(=O)NC(C)C)cc1. The van der Waals surface area contributed by atoms with Crippen molar-refractivity contribution in [1.29, 1.82) is 5.26 Å². The lowest BCUT2D eigenvalue weighted by Gasteiger charge is -2.19. The molecule has 0 unspecified atom stereocenters. The summed E-state index contributed by atoms with van der Waals surface area (Å²) < 4.78 is 0. The van der Waals surface area contributed by atoms with Crippen molar-refractivity contribution in [2.24, 2.45) is 0 Å². The molecule has 0 atom stereocenters. The van der Waals surface area contributed by atoms with Gasteiger partial charge in [0.25, 0.3) is 5.91 Å². The number of hydrogen-bond donors (Lipinski definition) is 1. The molecule has 0 radical (unpaired) electrons. The van der Waals surface area contributed by atoms with Gasteiger partial charge in [0.1, 0.15) is 13.6 Å². The molecule has 0 saturated carbocycles. The van der Waals surface area contributed by atoms with Gasteiger partial charge in [0.2, 0.25) is 0 Å². The van der Waals surface area contributed by atoms with Crippen LogP contribution in [0.1, 0.15) is 63.8 Å². The third-order valence-electron chi connectivity index (χ3n) is 6.24. The second-order valence-corrected chi connectivity index (χ2v) is 10.0. The average Bonchev–Trinajstić information content (AvgIpc) is 3.02. The summed E-state index contributed by atoms with van der Waals surface area (Å²) in [7, 11) is 0. The number of nitrogens with one attached hydrogen (secondary N) is 1. The number of rotatable bonds is 6. The van der Waals surface area contributed by atoms with Crippen LogP contribution < -0.4 is 5.32 Å². The second kappa shape index (κ2) is 17.0. The Balaban J connectivity index is 0.00000138. The monoisotopic (exact) mass is 563 g/mol. The second-order valence-electron chi connectivity index (χ2n) is 10.0. The molecule has 0 spiro atoms. The zero-order valence-electron chi connectivity index (χ0n) is 25.7. The Morgan fingerprint density at radius 3 is 2.19 bits per heavy atom. The highest BCUT2D eigenvalue weighted by Gasteiger charge is 2.22. The molecule has 0 aliphatic carbocycles. The third kappa shape index (κ3) is 9.07. The van der Waals surface area contributed by atoms with Crippen LogP contribution in [-0.4, -0.2) is 30.5 Å². The molecule has 4 rings (SSSR count). The molecular formula is C36H41N3O3. The number of aromatic nitrogens is 1. The Hall–Kier alpha value is -4.89. The molecule has 0 aliphatic rings. The molecule has 0 fully saturated rings.